The Hall–Kier alpha value is -2.03. The quantitative estimate of drug-likeness (QED) is 0.281. The third-order valence-corrected chi connectivity index (χ3v) is 3.59. The maximum Gasteiger partial charge on any atom is 0.332 e. The second-order valence-electron chi connectivity index (χ2n) is 5.45. The van der Waals surface area contributed by atoms with Crippen LogP contribution in [-0.2, 0) is 33.3 Å². The Labute approximate surface area is 139 Å². The fraction of sp³-hybridized carbons (Fsp3) is 0.562. The first-order chi connectivity index (χ1) is 11.5. The van der Waals surface area contributed by atoms with Crippen LogP contribution in [0.3, 0.4) is 0 Å². The zero-order valence-electron chi connectivity index (χ0n) is 13.7. The number of ether oxygens (including phenoxy) is 4. The summed E-state index contributed by atoms with van der Waals surface area (Å²) in [5.41, 5.74) is 0.472. The number of hydrogen-bond donors (Lipinski definition) is 1. The summed E-state index contributed by atoms with van der Waals surface area (Å²) in [5, 5.41) is 2.28. The first-order valence-electron chi connectivity index (χ1n) is 7.61. The van der Waals surface area contributed by atoms with Gasteiger partial charge < -0.3 is 18.9 Å². The van der Waals surface area contributed by atoms with E-state index in [1.54, 1.807) is 32.3 Å². The molecule has 2 aliphatic rings. The summed E-state index contributed by atoms with van der Waals surface area (Å²) in [7, 11) is 1.54. The van der Waals surface area contributed by atoms with Crippen molar-refractivity contribution in [3.05, 3.63) is 23.8 Å². The van der Waals surface area contributed by atoms with Gasteiger partial charge >= 0.3 is 5.97 Å². The second kappa shape index (κ2) is 8.72. The molecule has 0 aromatic heterocycles. The van der Waals surface area contributed by atoms with Crippen molar-refractivity contribution in [3.8, 4) is 0 Å². The summed E-state index contributed by atoms with van der Waals surface area (Å²) in [6.45, 7) is 2.24. The molecule has 0 radical (unpaired) electrons. The van der Waals surface area contributed by atoms with E-state index in [0.29, 0.717) is 18.8 Å². The zero-order valence-corrected chi connectivity index (χ0v) is 13.7. The molecule has 0 aromatic rings. The molecule has 0 aliphatic carbocycles. The molecule has 24 heavy (non-hydrogen) atoms. The molecule has 0 spiro atoms. The lowest BCUT2D eigenvalue weighted by Crippen LogP contribution is -2.44. The molecule has 2 heterocycles. The molecule has 3 unspecified atom stereocenters. The molecule has 0 fully saturated rings. The average molecular weight is 339 g/mol. The molecule has 2 amide bonds. The number of nitrogens with one attached hydrogen (secondary N) is 1. The molecule has 2 rings (SSSR count). The zero-order chi connectivity index (χ0) is 17.5. The normalized spacial score (nSPS) is 26.2. The molecule has 1 N–H and O–H groups in total. The van der Waals surface area contributed by atoms with Crippen LogP contribution < -0.4 is 5.32 Å². The Kier molecular flexibility index (Phi) is 6.65. The SMILES string of the molecule is COCCOCC(=O)OCC1C=CC(C2C=C(C)C(=O)NC2=O)O1. The van der Waals surface area contributed by atoms with Gasteiger partial charge in [-0.15, -0.1) is 0 Å². The number of carbonyl (C=O) groups is 3. The minimum absolute atomic E-state index is 0.0371. The number of hydrogen-bond acceptors (Lipinski definition) is 7. The average Bonchev–Trinajstić information content (AvgIpc) is 3.02. The number of carbonyl (C=O) groups excluding carboxylic acids is 3. The first kappa shape index (κ1) is 18.3. The van der Waals surface area contributed by atoms with Gasteiger partial charge in [-0.05, 0) is 6.92 Å². The smallest absolute Gasteiger partial charge is 0.332 e. The van der Waals surface area contributed by atoms with Gasteiger partial charge in [-0.25, -0.2) is 4.79 Å². The lowest BCUT2D eigenvalue weighted by molar-refractivity contribution is -0.153. The Morgan fingerprint density at radius 3 is 2.83 bits per heavy atom. The minimum Gasteiger partial charge on any atom is -0.461 e. The molecule has 0 aromatic carbocycles. The molecular weight excluding hydrogens is 318 g/mol. The van der Waals surface area contributed by atoms with E-state index >= 15 is 0 Å². The molecule has 0 bridgehead atoms. The number of esters is 1. The van der Waals surface area contributed by atoms with Gasteiger partial charge in [0.15, 0.2) is 0 Å². The summed E-state index contributed by atoms with van der Waals surface area (Å²) in [5.74, 6) is -1.86. The van der Waals surface area contributed by atoms with E-state index in [-0.39, 0.29) is 13.2 Å². The van der Waals surface area contributed by atoms with Crippen molar-refractivity contribution in [3.63, 3.8) is 0 Å². The summed E-state index contributed by atoms with van der Waals surface area (Å²) >= 11 is 0. The maximum absolute atomic E-state index is 11.9. The highest BCUT2D eigenvalue weighted by Gasteiger charge is 2.35. The van der Waals surface area contributed by atoms with E-state index in [4.69, 9.17) is 18.9 Å². The first-order valence-corrected chi connectivity index (χ1v) is 7.61. The molecule has 8 heteroatoms. The van der Waals surface area contributed by atoms with Crippen LogP contribution in [0.2, 0.25) is 0 Å². The fourth-order valence-electron chi connectivity index (χ4n) is 2.30. The van der Waals surface area contributed by atoms with E-state index in [9.17, 15) is 14.4 Å². The number of imide groups is 1. The van der Waals surface area contributed by atoms with Gasteiger partial charge in [0.05, 0.1) is 25.2 Å². The number of amides is 2. The molecule has 132 valence electrons. The minimum atomic E-state index is -0.572. The largest absolute Gasteiger partial charge is 0.461 e. The van der Waals surface area contributed by atoms with Crippen LogP contribution in [0.25, 0.3) is 0 Å². The van der Waals surface area contributed by atoms with Gasteiger partial charge in [0.25, 0.3) is 5.91 Å². The number of methoxy groups -OCH3 is 1. The summed E-state index contributed by atoms with van der Waals surface area (Å²) in [6.07, 6.45) is 4.13. The van der Waals surface area contributed by atoms with Gasteiger partial charge in [-0.3, -0.25) is 14.9 Å². The summed E-state index contributed by atoms with van der Waals surface area (Å²) < 4.78 is 20.6. The third-order valence-electron chi connectivity index (χ3n) is 3.59. The molecule has 2 aliphatic heterocycles. The van der Waals surface area contributed by atoms with E-state index < -0.39 is 35.9 Å². The monoisotopic (exact) mass is 339 g/mol. The Morgan fingerprint density at radius 1 is 1.29 bits per heavy atom. The molecule has 0 saturated heterocycles. The van der Waals surface area contributed by atoms with Crippen LogP contribution in [0, 0.1) is 5.92 Å². The molecule has 3 atom stereocenters. The van der Waals surface area contributed by atoms with E-state index in [0.717, 1.165) is 0 Å². The van der Waals surface area contributed by atoms with Crippen molar-refractivity contribution in [2.45, 2.75) is 19.1 Å². The van der Waals surface area contributed by atoms with Gasteiger partial charge in [-0.2, -0.15) is 0 Å². The third kappa shape index (κ3) is 4.98. The van der Waals surface area contributed by atoms with Crippen LogP contribution >= 0.6 is 0 Å². The van der Waals surface area contributed by atoms with E-state index in [2.05, 4.69) is 5.32 Å². The van der Waals surface area contributed by atoms with E-state index in [1.807, 2.05) is 0 Å². The molecular formula is C16H21NO7. The van der Waals surface area contributed by atoms with Crippen LogP contribution in [-0.4, -0.2) is 63.5 Å². The topological polar surface area (TPSA) is 100 Å². The van der Waals surface area contributed by atoms with Crippen LogP contribution in [0.1, 0.15) is 6.92 Å². The van der Waals surface area contributed by atoms with Gasteiger partial charge in [-0.1, -0.05) is 18.2 Å². The van der Waals surface area contributed by atoms with Crippen molar-refractivity contribution >= 4 is 17.8 Å². The Morgan fingerprint density at radius 2 is 2.08 bits per heavy atom. The lowest BCUT2D eigenvalue weighted by Gasteiger charge is -2.24. The lowest BCUT2D eigenvalue weighted by atomic mass is 9.95. The summed E-state index contributed by atoms with van der Waals surface area (Å²) in [4.78, 5) is 34.8. The fourth-order valence-corrected chi connectivity index (χ4v) is 2.30. The number of rotatable bonds is 8. The van der Waals surface area contributed by atoms with E-state index in [1.165, 1.54) is 0 Å². The van der Waals surface area contributed by atoms with Crippen molar-refractivity contribution < 1.29 is 33.3 Å². The molecule has 8 nitrogen and oxygen atoms in total. The predicted molar refractivity (Wildman–Crippen MR) is 81.9 cm³/mol. The van der Waals surface area contributed by atoms with Crippen molar-refractivity contribution in [2.24, 2.45) is 5.92 Å². The van der Waals surface area contributed by atoms with Crippen molar-refractivity contribution in [1.82, 2.24) is 5.32 Å². The Balaban J connectivity index is 1.74. The maximum atomic E-state index is 11.9. The van der Waals surface area contributed by atoms with Crippen molar-refractivity contribution in [2.75, 3.05) is 33.5 Å². The van der Waals surface area contributed by atoms with Crippen LogP contribution in [0.5, 0.6) is 0 Å². The standard InChI is InChI=1S/C16H21NO7/c1-10-7-12(16(20)17-15(10)19)13-4-3-11(24-13)8-23-14(18)9-22-6-5-21-2/h3-4,7,11-13H,5-6,8-9H2,1-2H3,(H,17,19,20). The van der Waals surface area contributed by atoms with Gasteiger partial charge in [0, 0.05) is 12.7 Å². The predicted octanol–water partition coefficient (Wildman–Crippen LogP) is -0.265. The molecule has 0 saturated carbocycles. The highest BCUT2D eigenvalue weighted by Crippen LogP contribution is 2.23. The Bertz CT molecular complexity index is 555. The highest BCUT2D eigenvalue weighted by atomic mass is 16.6. The van der Waals surface area contributed by atoms with Gasteiger partial charge in [0.2, 0.25) is 5.91 Å². The van der Waals surface area contributed by atoms with Crippen molar-refractivity contribution in [1.29, 1.82) is 0 Å². The highest BCUT2D eigenvalue weighted by molar-refractivity contribution is 6.08. The van der Waals surface area contributed by atoms with Crippen LogP contribution in [0.4, 0.5) is 0 Å². The van der Waals surface area contributed by atoms with Gasteiger partial charge in [0.1, 0.15) is 19.3 Å². The van der Waals surface area contributed by atoms with Crippen LogP contribution in [0.15, 0.2) is 23.8 Å². The summed E-state index contributed by atoms with van der Waals surface area (Å²) in [6, 6.07) is 0. The second-order valence-corrected chi connectivity index (χ2v) is 5.45.